The summed E-state index contributed by atoms with van der Waals surface area (Å²) in [6, 6.07) is 7.55. The van der Waals surface area contributed by atoms with Gasteiger partial charge in [-0.3, -0.25) is 4.79 Å². The van der Waals surface area contributed by atoms with Gasteiger partial charge < -0.3 is 16.0 Å². The number of rotatable bonds is 6. The van der Waals surface area contributed by atoms with Crippen LogP contribution in [0.1, 0.15) is 21.7 Å². The van der Waals surface area contributed by atoms with Crippen LogP contribution in [0.4, 0.5) is 0 Å². The monoisotopic (exact) mass is 258 g/mol. The summed E-state index contributed by atoms with van der Waals surface area (Å²) in [6.07, 6.45) is 4.88. The van der Waals surface area contributed by atoms with E-state index in [4.69, 9.17) is 5.73 Å². The van der Waals surface area contributed by atoms with Crippen LogP contribution < -0.4 is 11.1 Å². The summed E-state index contributed by atoms with van der Waals surface area (Å²) in [7, 11) is 0. The molecule has 0 bridgehead atoms. The minimum atomic E-state index is -0.0596. The van der Waals surface area contributed by atoms with Crippen molar-refractivity contribution >= 4 is 5.91 Å². The van der Waals surface area contributed by atoms with Gasteiger partial charge in [0.1, 0.15) is 5.82 Å². The molecule has 0 spiro atoms. The van der Waals surface area contributed by atoms with Crippen LogP contribution in [0.2, 0.25) is 0 Å². The molecule has 0 fully saturated rings. The molecule has 0 saturated heterocycles. The highest BCUT2D eigenvalue weighted by atomic mass is 16.1. The van der Waals surface area contributed by atoms with Crippen molar-refractivity contribution in [1.82, 2.24) is 15.3 Å². The third kappa shape index (κ3) is 3.66. The number of carbonyl (C=O) groups is 1. The molecule has 0 atom stereocenters. The van der Waals surface area contributed by atoms with E-state index in [1.165, 1.54) is 0 Å². The molecular formula is C14H18N4O. The van der Waals surface area contributed by atoms with Crippen molar-refractivity contribution in [3.63, 3.8) is 0 Å². The average Bonchev–Trinajstić information content (AvgIpc) is 2.93. The maximum absolute atomic E-state index is 12.1. The molecule has 0 radical (unpaired) electrons. The highest BCUT2D eigenvalue weighted by Gasteiger charge is 2.09. The fourth-order valence-electron chi connectivity index (χ4n) is 1.94. The molecule has 0 aliphatic heterocycles. The Kier molecular flexibility index (Phi) is 4.69. The molecule has 0 saturated carbocycles. The molecule has 5 heteroatoms. The molecule has 19 heavy (non-hydrogen) atoms. The molecule has 1 heterocycles. The van der Waals surface area contributed by atoms with E-state index in [0.717, 1.165) is 11.4 Å². The van der Waals surface area contributed by atoms with Gasteiger partial charge >= 0.3 is 0 Å². The molecular weight excluding hydrogens is 240 g/mol. The molecule has 2 aromatic rings. The number of hydrogen-bond donors (Lipinski definition) is 3. The normalized spacial score (nSPS) is 10.4. The van der Waals surface area contributed by atoms with Gasteiger partial charge in [0.2, 0.25) is 0 Å². The number of imidazole rings is 1. The second-order valence-electron chi connectivity index (χ2n) is 4.24. The van der Waals surface area contributed by atoms with Crippen molar-refractivity contribution in [2.24, 2.45) is 5.73 Å². The number of benzene rings is 1. The van der Waals surface area contributed by atoms with Crippen molar-refractivity contribution in [2.45, 2.75) is 12.8 Å². The number of H-pyrrole nitrogens is 1. The van der Waals surface area contributed by atoms with E-state index in [2.05, 4.69) is 15.3 Å². The maximum Gasteiger partial charge on any atom is 0.251 e. The Labute approximate surface area is 112 Å². The quantitative estimate of drug-likeness (QED) is 0.719. The van der Waals surface area contributed by atoms with E-state index in [-0.39, 0.29) is 5.91 Å². The van der Waals surface area contributed by atoms with Crippen LogP contribution >= 0.6 is 0 Å². The van der Waals surface area contributed by atoms with Crippen molar-refractivity contribution < 1.29 is 4.79 Å². The van der Waals surface area contributed by atoms with E-state index in [1.54, 1.807) is 12.4 Å². The van der Waals surface area contributed by atoms with Gasteiger partial charge in [-0.15, -0.1) is 0 Å². The number of aromatic amines is 1. The Bertz CT molecular complexity index is 522. The number of nitrogens with zero attached hydrogens (tertiary/aromatic N) is 1. The van der Waals surface area contributed by atoms with Crippen LogP contribution in [0.3, 0.4) is 0 Å². The lowest BCUT2D eigenvalue weighted by atomic mass is 10.0. The van der Waals surface area contributed by atoms with Crippen molar-refractivity contribution in [2.75, 3.05) is 13.1 Å². The summed E-state index contributed by atoms with van der Waals surface area (Å²) in [4.78, 5) is 19.2. The molecule has 1 amide bonds. The zero-order valence-electron chi connectivity index (χ0n) is 10.7. The summed E-state index contributed by atoms with van der Waals surface area (Å²) < 4.78 is 0. The van der Waals surface area contributed by atoms with Crippen molar-refractivity contribution in [3.05, 3.63) is 53.6 Å². The Morgan fingerprint density at radius 2 is 2.16 bits per heavy atom. The summed E-state index contributed by atoms with van der Waals surface area (Å²) in [5.41, 5.74) is 7.24. The first-order valence-corrected chi connectivity index (χ1v) is 6.35. The highest BCUT2D eigenvalue weighted by Crippen LogP contribution is 2.08. The topological polar surface area (TPSA) is 83.8 Å². The van der Waals surface area contributed by atoms with Crippen LogP contribution in [0.5, 0.6) is 0 Å². The van der Waals surface area contributed by atoms with E-state index in [0.29, 0.717) is 31.5 Å². The van der Waals surface area contributed by atoms with Gasteiger partial charge in [-0.2, -0.15) is 0 Å². The number of hydrogen-bond acceptors (Lipinski definition) is 3. The molecule has 5 nitrogen and oxygen atoms in total. The van der Waals surface area contributed by atoms with Crippen LogP contribution in [-0.2, 0) is 12.8 Å². The zero-order valence-corrected chi connectivity index (χ0v) is 10.7. The van der Waals surface area contributed by atoms with Gasteiger partial charge in [0.25, 0.3) is 5.91 Å². The molecule has 0 aliphatic rings. The van der Waals surface area contributed by atoms with Gasteiger partial charge in [-0.25, -0.2) is 4.98 Å². The Morgan fingerprint density at radius 3 is 2.89 bits per heavy atom. The SMILES string of the molecule is NCCc1ccccc1C(=O)NCCc1ncc[nH]1. The second kappa shape index (κ2) is 6.70. The van der Waals surface area contributed by atoms with E-state index in [1.807, 2.05) is 24.3 Å². The lowest BCUT2D eigenvalue weighted by Gasteiger charge is -2.09. The maximum atomic E-state index is 12.1. The smallest absolute Gasteiger partial charge is 0.251 e. The van der Waals surface area contributed by atoms with E-state index in [9.17, 15) is 4.79 Å². The van der Waals surface area contributed by atoms with Crippen LogP contribution in [0, 0.1) is 0 Å². The first-order chi connectivity index (χ1) is 9.31. The molecule has 0 aliphatic carbocycles. The summed E-state index contributed by atoms with van der Waals surface area (Å²) in [5.74, 6) is 0.811. The zero-order chi connectivity index (χ0) is 13.5. The molecule has 4 N–H and O–H groups in total. The standard InChI is InChI=1S/C14H18N4O/c15-7-5-11-3-1-2-4-12(11)14(19)18-8-6-13-16-9-10-17-13/h1-4,9-10H,5-8,15H2,(H,16,17)(H,18,19). The largest absolute Gasteiger partial charge is 0.352 e. The molecule has 1 aromatic heterocycles. The van der Waals surface area contributed by atoms with Crippen LogP contribution in [0.25, 0.3) is 0 Å². The first-order valence-electron chi connectivity index (χ1n) is 6.35. The second-order valence-corrected chi connectivity index (χ2v) is 4.24. The fourth-order valence-corrected chi connectivity index (χ4v) is 1.94. The number of nitrogens with two attached hydrogens (primary N) is 1. The third-order valence-corrected chi connectivity index (χ3v) is 2.88. The Hall–Kier alpha value is -2.14. The number of nitrogens with one attached hydrogen (secondary N) is 2. The predicted molar refractivity (Wildman–Crippen MR) is 73.8 cm³/mol. The number of amides is 1. The lowest BCUT2D eigenvalue weighted by molar-refractivity contribution is 0.0953. The Morgan fingerprint density at radius 1 is 1.32 bits per heavy atom. The number of aromatic nitrogens is 2. The van der Waals surface area contributed by atoms with E-state index >= 15 is 0 Å². The van der Waals surface area contributed by atoms with Gasteiger partial charge in [0.15, 0.2) is 0 Å². The fraction of sp³-hybridized carbons (Fsp3) is 0.286. The van der Waals surface area contributed by atoms with Crippen LogP contribution in [0.15, 0.2) is 36.7 Å². The van der Waals surface area contributed by atoms with Gasteiger partial charge in [0, 0.05) is 30.9 Å². The minimum Gasteiger partial charge on any atom is -0.352 e. The van der Waals surface area contributed by atoms with Crippen molar-refractivity contribution in [1.29, 1.82) is 0 Å². The molecule has 2 rings (SSSR count). The summed E-state index contributed by atoms with van der Waals surface area (Å²) >= 11 is 0. The highest BCUT2D eigenvalue weighted by molar-refractivity contribution is 5.95. The molecule has 100 valence electrons. The lowest BCUT2D eigenvalue weighted by Crippen LogP contribution is -2.27. The first kappa shape index (κ1) is 13.3. The number of carbonyl (C=O) groups excluding carboxylic acids is 1. The average molecular weight is 258 g/mol. The predicted octanol–water partition coefficient (Wildman–Crippen LogP) is 0.883. The van der Waals surface area contributed by atoms with E-state index < -0.39 is 0 Å². The molecule has 1 aromatic carbocycles. The van der Waals surface area contributed by atoms with Gasteiger partial charge in [0.05, 0.1) is 0 Å². The van der Waals surface area contributed by atoms with Crippen LogP contribution in [-0.4, -0.2) is 29.0 Å². The summed E-state index contributed by atoms with van der Waals surface area (Å²) in [6.45, 7) is 1.10. The Balaban J connectivity index is 1.92. The third-order valence-electron chi connectivity index (χ3n) is 2.88. The van der Waals surface area contributed by atoms with Gasteiger partial charge in [-0.1, -0.05) is 18.2 Å². The summed E-state index contributed by atoms with van der Waals surface area (Å²) in [5, 5.41) is 2.90. The van der Waals surface area contributed by atoms with Crippen molar-refractivity contribution in [3.8, 4) is 0 Å². The molecule has 0 unspecified atom stereocenters. The minimum absolute atomic E-state index is 0.0596. The van der Waals surface area contributed by atoms with Gasteiger partial charge in [-0.05, 0) is 24.6 Å².